The van der Waals surface area contributed by atoms with Crippen molar-refractivity contribution in [2.75, 3.05) is 0 Å². The fraction of sp³-hybridized carbons (Fsp3) is 0. The van der Waals surface area contributed by atoms with Gasteiger partial charge in [0.1, 0.15) is 0 Å². The van der Waals surface area contributed by atoms with Gasteiger partial charge in [0.05, 0.1) is 33.4 Å². The van der Waals surface area contributed by atoms with E-state index < -0.39 is 156 Å². The molecule has 0 unspecified atom stereocenters. The third-order valence-corrected chi connectivity index (χ3v) is 6.23. The van der Waals surface area contributed by atoms with Crippen molar-refractivity contribution in [2.45, 2.75) is 0 Å². The third kappa shape index (κ3) is 4.87. The van der Waals surface area contributed by atoms with Crippen molar-refractivity contribution in [1.29, 1.82) is 0 Å². The lowest BCUT2D eigenvalue weighted by Crippen LogP contribution is -2.20. The lowest BCUT2D eigenvalue weighted by molar-refractivity contribution is 0.0696. The second-order valence-electron chi connectivity index (χ2n) is 8.69. The van der Waals surface area contributed by atoms with Gasteiger partial charge in [0, 0.05) is 34.9 Å². The SMILES string of the molecule is O=C(O)c1c(-c2c(F)c(F)cc(F)c2F)c(C(=O)O)c(-c2c(F)c(F)cc(F)c2F)c(C(=O)O)c1-c1c(F)c(F)cc(F)c1F. The standard InChI is InChI=1S/C27H6F12O6/c28-4-1-5(29)20(35)16(19(4)34)10-13(25(40)41)11(17-21(36)6(30)2-7(31)22(17)37)15(27(44)45)12(14(10)26(42)43)18-23(38)8(32)3-9(33)24(18)39/h1-3H,(H,40,41)(H,42,43)(H,44,45). The van der Waals surface area contributed by atoms with E-state index in [9.17, 15) is 56.0 Å². The van der Waals surface area contributed by atoms with E-state index in [4.69, 9.17) is 0 Å². The van der Waals surface area contributed by atoms with Crippen molar-refractivity contribution in [2.24, 2.45) is 0 Å². The lowest BCUT2D eigenvalue weighted by atomic mass is 9.78. The van der Waals surface area contributed by atoms with Gasteiger partial charge in [-0.2, -0.15) is 0 Å². The smallest absolute Gasteiger partial charge is 0.337 e. The second kappa shape index (κ2) is 11.2. The van der Waals surface area contributed by atoms with Crippen LogP contribution in [0.1, 0.15) is 31.1 Å². The molecule has 45 heavy (non-hydrogen) atoms. The van der Waals surface area contributed by atoms with Crippen LogP contribution >= 0.6 is 0 Å². The van der Waals surface area contributed by atoms with Crippen LogP contribution in [0.4, 0.5) is 52.7 Å². The van der Waals surface area contributed by atoms with Crippen LogP contribution in [-0.2, 0) is 0 Å². The molecule has 18 heteroatoms. The number of hydrogen-bond donors (Lipinski definition) is 3. The Morgan fingerprint density at radius 1 is 0.333 bits per heavy atom. The molecule has 6 nitrogen and oxygen atoms in total. The van der Waals surface area contributed by atoms with Crippen LogP contribution in [-0.4, -0.2) is 33.2 Å². The predicted octanol–water partition coefficient (Wildman–Crippen LogP) is 7.45. The van der Waals surface area contributed by atoms with Crippen molar-refractivity contribution < 1.29 is 82.4 Å². The van der Waals surface area contributed by atoms with Crippen molar-refractivity contribution in [3.8, 4) is 33.4 Å². The highest BCUT2D eigenvalue weighted by Crippen LogP contribution is 2.49. The molecule has 0 saturated carbocycles. The first-order valence-electron chi connectivity index (χ1n) is 11.3. The summed E-state index contributed by atoms with van der Waals surface area (Å²) in [5.74, 6) is -39.5. The summed E-state index contributed by atoms with van der Waals surface area (Å²) in [6, 6.07) is -1.57. The molecule has 0 amide bonds. The van der Waals surface area contributed by atoms with Gasteiger partial charge < -0.3 is 15.3 Å². The van der Waals surface area contributed by atoms with Gasteiger partial charge in [0.2, 0.25) is 0 Å². The van der Waals surface area contributed by atoms with Crippen LogP contribution in [0.25, 0.3) is 33.4 Å². The Morgan fingerprint density at radius 2 is 0.489 bits per heavy atom. The normalized spacial score (nSPS) is 11.2. The molecule has 234 valence electrons. The molecule has 0 aromatic heterocycles. The molecule has 0 aliphatic rings. The molecule has 3 N–H and O–H groups in total. The van der Waals surface area contributed by atoms with Crippen molar-refractivity contribution in [3.63, 3.8) is 0 Å². The topological polar surface area (TPSA) is 112 Å². The fourth-order valence-electron chi connectivity index (χ4n) is 4.52. The Labute approximate surface area is 239 Å². The molecule has 0 saturated heterocycles. The number of rotatable bonds is 6. The molecular formula is C27H6F12O6. The van der Waals surface area contributed by atoms with Gasteiger partial charge in [-0.05, 0) is 0 Å². The van der Waals surface area contributed by atoms with Crippen LogP contribution in [0, 0.1) is 69.8 Å². The Bertz CT molecular complexity index is 1700. The van der Waals surface area contributed by atoms with Crippen molar-refractivity contribution in [3.05, 3.63) is 105 Å². The predicted molar refractivity (Wildman–Crippen MR) is 123 cm³/mol. The van der Waals surface area contributed by atoms with Crippen LogP contribution in [0.5, 0.6) is 0 Å². The minimum atomic E-state index is -2.88. The van der Waals surface area contributed by atoms with Gasteiger partial charge in [-0.25, -0.2) is 67.1 Å². The van der Waals surface area contributed by atoms with Gasteiger partial charge in [-0.15, -0.1) is 0 Å². The number of carboxylic acid groups (broad SMARTS) is 3. The zero-order chi connectivity index (χ0) is 34.0. The van der Waals surface area contributed by atoms with Crippen LogP contribution < -0.4 is 0 Å². The molecule has 4 aromatic rings. The highest BCUT2D eigenvalue weighted by molar-refractivity contribution is 6.20. The largest absolute Gasteiger partial charge is 0.478 e. The Hall–Kier alpha value is -5.55. The number of halogens is 12. The molecule has 0 aliphatic heterocycles. The maximum Gasteiger partial charge on any atom is 0.337 e. The molecule has 4 rings (SSSR count). The zero-order valence-electron chi connectivity index (χ0n) is 20.8. The number of carboxylic acids is 3. The average Bonchev–Trinajstić information content (AvgIpc) is 2.93. The van der Waals surface area contributed by atoms with Gasteiger partial charge in [0.25, 0.3) is 0 Å². The van der Waals surface area contributed by atoms with Crippen molar-refractivity contribution in [1.82, 2.24) is 0 Å². The summed E-state index contributed by atoms with van der Waals surface area (Å²) in [5, 5.41) is 29.9. The zero-order valence-corrected chi connectivity index (χ0v) is 20.8. The van der Waals surface area contributed by atoms with Crippen molar-refractivity contribution >= 4 is 17.9 Å². The van der Waals surface area contributed by atoms with E-state index in [1.165, 1.54) is 0 Å². The molecule has 0 fully saturated rings. The first-order chi connectivity index (χ1) is 20.8. The summed E-state index contributed by atoms with van der Waals surface area (Å²) in [7, 11) is 0. The highest BCUT2D eigenvalue weighted by Gasteiger charge is 2.42. The van der Waals surface area contributed by atoms with Crippen LogP contribution in [0.2, 0.25) is 0 Å². The average molecular weight is 654 g/mol. The van der Waals surface area contributed by atoms with Gasteiger partial charge in [-0.3, -0.25) is 0 Å². The van der Waals surface area contributed by atoms with E-state index in [0.29, 0.717) is 0 Å². The summed E-state index contributed by atoms with van der Waals surface area (Å²) in [5.41, 5.74) is -21.5. The molecule has 0 atom stereocenters. The molecule has 4 aromatic carbocycles. The maximum absolute atomic E-state index is 15.1. The lowest BCUT2D eigenvalue weighted by Gasteiger charge is -2.24. The summed E-state index contributed by atoms with van der Waals surface area (Å²) >= 11 is 0. The van der Waals surface area contributed by atoms with Crippen LogP contribution in [0.15, 0.2) is 18.2 Å². The summed E-state index contributed by atoms with van der Waals surface area (Å²) in [6.45, 7) is 0. The van der Waals surface area contributed by atoms with Gasteiger partial charge in [0.15, 0.2) is 69.8 Å². The summed E-state index contributed by atoms with van der Waals surface area (Å²) in [4.78, 5) is 37.5. The third-order valence-electron chi connectivity index (χ3n) is 6.23. The molecule has 0 bridgehead atoms. The maximum atomic E-state index is 15.1. The van der Waals surface area contributed by atoms with E-state index in [2.05, 4.69) is 0 Å². The molecule has 0 spiro atoms. The van der Waals surface area contributed by atoms with E-state index >= 15 is 26.3 Å². The molecular weight excluding hydrogens is 648 g/mol. The molecule has 0 heterocycles. The van der Waals surface area contributed by atoms with E-state index in [0.717, 1.165) is 0 Å². The summed E-state index contributed by atoms with van der Waals surface area (Å²) in [6.07, 6.45) is 0. The Balaban J connectivity index is 2.63. The number of benzene rings is 4. The van der Waals surface area contributed by atoms with E-state index in [1.807, 2.05) is 0 Å². The monoisotopic (exact) mass is 654 g/mol. The highest BCUT2D eigenvalue weighted by atomic mass is 19.2. The van der Waals surface area contributed by atoms with Crippen LogP contribution in [0.3, 0.4) is 0 Å². The molecule has 0 aliphatic carbocycles. The van der Waals surface area contributed by atoms with Gasteiger partial charge in [-0.1, -0.05) is 0 Å². The quantitative estimate of drug-likeness (QED) is 0.147. The van der Waals surface area contributed by atoms with E-state index in [-0.39, 0.29) is 0 Å². The molecule has 0 radical (unpaired) electrons. The first kappa shape index (κ1) is 32.4. The second-order valence-corrected chi connectivity index (χ2v) is 8.69. The number of hydrogen-bond acceptors (Lipinski definition) is 3. The summed E-state index contributed by atoms with van der Waals surface area (Å²) < 4.78 is 176. The Morgan fingerprint density at radius 3 is 0.622 bits per heavy atom. The number of carbonyl (C=O) groups is 3. The first-order valence-corrected chi connectivity index (χ1v) is 11.3. The Kier molecular flexibility index (Phi) is 8.04. The number of aromatic carboxylic acids is 3. The fourth-order valence-corrected chi connectivity index (χ4v) is 4.52. The minimum Gasteiger partial charge on any atom is -0.478 e. The van der Waals surface area contributed by atoms with E-state index in [1.54, 1.807) is 0 Å². The minimum absolute atomic E-state index is 0.523. The van der Waals surface area contributed by atoms with Gasteiger partial charge >= 0.3 is 17.9 Å².